The number of hydrogen-bond donors (Lipinski definition) is 1. The van der Waals surface area contributed by atoms with Crippen LogP contribution in [-0.2, 0) is 6.54 Å². The molecule has 2 atom stereocenters. The monoisotopic (exact) mass is 292 g/mol. The zero-order valence-corrected chi connectivity index (χ0v) is 12.5. The van der Waals surface area contributed by atoms with Gasteiger partial charge >= 0.3 is 0 Å². The second-order valence-electron chi connectivity index (χ2n) is 6.01. The Hall–Kier alpha value is -1.00. The van der Waals surface area contributed by atoms with Gasteiger partial charge in [0.2, 0.25) is 0 Å². The van der Waals surface area contributed by atoms with Gasteiger partial charge < -0.3 is 5.73 Å². The highest BCUT2D eigenvalue weighted by Gasteiger charge is 2.35. The third kappa shape index (κ3) is 2.59. The van der Waals surface area contributed by atoms with Crippen LogP contribution in [0.1, 0.15) is 43.2 Å². The van der Waals surface area contributed by atoms with Crippen LogP contribution >= 0.6 is 12.2 Å². The van der Waals surface area contributed by atoms with E-state index in [1.165, 1.54) is 32.1 Å². The average molecular weight is 292 g/mol. The van der Waals surface area contributed by atoms with E-state index in [-0.39, 0.29) is 10.8 Å². The predicted octanol–water partition coefficient (Wildman–Crippen LogP) is 3.22. The van der Waals surface area contributed by atoms with Gasteiger partial charge in [0.25, 0.3) is 0 Å². The Morgan fingerprint density at radius 1 is 1.30 bits per heavy atom. The lowest BCUT2D eigenvalue weighted by Gasteiger charge is -2.37. The molecule has 0 bridgehead atoms. The first-order chi connectivity index (χ1) is 9.66. The Kier molecular flexibility index (Phi) is 4.03. The summed E-state index contributed by atoms with van der Waals surface area (Å²) in [6.07, 6.45) is 6.51. The molecule has 0 spiro atoms. The maximum absolute atomic E-state index is 14.4. The van der Waals surface area contributed by atoms with Gasteiger partial charge in [0.1, 0.15) is 10.8 Å². The summed E-state index contributed by atoms with van der Waals surface area (Å²) < 4.78 is 14.4. The second-order valence-corrected chi connectivity index (χ2v) is 6.45. The van der Waals surface area contributed by atoms with E-state index >= 15 is 0 Å². The number of hydrogen-bond acceptors (Lipinski definition) is 2. The Morgan fingerprint density at radius 3 is 2.90 bits per heavy atom. The van der Waals surface area contributed by atoms with E-state index in [0.29, 0.717) is 18.2 Å². The molecule has 0 aromatic heterocycles. The number of halogens is 1. The first kappa shape index (κ1) is 14.0. The van der Waals surface area contributed by atoms with Crippen molar-refractivity contribution in [2.24, 2.45) is 11.7 Å². The molecular formula is C16H21FN2S. The van der Waals surface area contributed by atoms with Gasteiger partial charge in [-0.2, -0.15) is 0 Å². The maximum Gasteiger partial charge on any atom is 0.137 e. The van der Waals surface area contributed by atoms with Crippen molar-refractivity contribution in [1.29, 1.82) is 0 Å². The molecule has 2 unspecified atom stereocenters. The molecule has 1 aliphatic heterocycles. The molecule has 2 nitrogen and oxygen atoms in total. The topological polar surface area (TPSA) is 29.3 Å². The summed E-state index contributed by atoms with van der Waals surface area (Å²) in [5.41, 5.74) is 6.68. The van der Waals surface area contributed by atoms with E-state index in [2.05, 4.69) is 4.90 Å². The summed E-state index contributed by atoms with van der Waals surface area (Å²) in [7, 11) is 0. The van der Waals surface area contributed by atoms with Crippen molar-refractivity contribution >= 4 is 17.2 Å². The second kappa shape index (κ2) is 5.78. The summed E-state index contributed by atoms with van der Waals surface area (Å²) in [4.78, 5) is 2.60. The lowest BCUT2D eigenvalue weighted by atomic mass is 9.91. The fraction of sp³-hybridized carbons (Fsp3) is 0.562. The van der Waals surface area contributed by atoms with Crippen LogP contribution in [0.15, 0.2) is 18.2 Å². The average Bonchev–Trinajstić information content (AvgIpc) is 2.90. The van der Waals surface area contributed by atoms with E-state index in [9.17, 15) is 4.39 Å². The Labute approximate surface area is 125 Å². The third-order valence-corrected chi connectivity index (χ3v) is 5.05. The molecular weight excluding hydrogens is 271 g/mol. The number of benzene rings is 1. The van der Waals surface area contributed by atoms with E-state index in [4.69, 9.17) is 18.0 Å². The predicted molar refractivity (Wildman–Crippen MR) is 83.1 cm³/mol. The van der Waals surface area contributed by atoms with Gasteiger partial charge in [0.15, 0.2) is 0 Å². The lowest BCUT2D eigenvalue weighted by molar-refractivity contribution is 0.104. The Balaban J connectivity index is 1.80. The van der Waals surface area contributed by atoms with Crippen molar-refractivity contribution in [3.63, 3.8) is 0 Å². The zero-order valence-electron chi connectivity index (χ0n) is 11.6. The van der Waals surface area contributed by atoms with Gasteiger partial charge in [0.05, 0.1) is 0 Å². The van der Waals surface area contributed by atoms with Crippen LogP contribution in [-0.4, -0.2) is 22.5 Å². The molecule has 2 aliphatic rings. The highest BCUT2D eigenvalue weighted by atomic mass is 32.1. The number of nitrogens with zero attached hydrogens (tertiary/aromatic N) is 1. The summed E-state index contributed by atoms with van der Waals surface area (Å²) in [5, 5.41) is 0. The minimum atomic E-state index is -0.236. The van der Waals surface area contributed by atoms with E-state index in [1.807, 2.05) is 12.1 Å². The van der Waals surface area contributed by atoms with Crippen LogP contribution in [0.4, 0.5) is 4.39 Å². The molecule has 4 heteroatoms. The van der Waals surface area contributed by atoms with Crippen LogP contribution < -0.4 is 5.73 Å². The standard InChI is InChI=1S/C16H21FN2S/c17-15-12(5-1-7-13(15)16(18)20)10-19-9-3-6-11-4-2-8-14(11)19/h1,5,7,11,14H,2-4,6,8-10H2,(H2,18,20). The first-order valence-corrected chi connectivity index (χ1v) is 7.89. The highest BCUT2D eigenvalue weighted by molar-refractivity contribution is 7.80. The molecule has 1 saturated heterocycles. The van der Waals surface area contributed by atoms with Crippen molar-refractivity contribution in [1.82, 2.24) is 4.90 Å². The van der Waals surface area contributed by atoms with Crippen LogP contribution in [0.5, 0.6) is 0 Å². The molecule has 1 saturated carbocycles. The van der Waals surface area contributed by atoms with Gasteiger partial charge in [-0.15, -0.1) is 0 Å². The van der Waals surface area contributed by atoms with Crippen molar-refractivity contribution in [2.75, 3.05) is 6.54 Å². The smallest absolute Gasteiger partial charge is 0.137 e. The summed E-state index contributed by atoms with van der Waals surface area (Å²) in [6, 6.07) is 6.02. The molecule has 3 rings (SSSR count). The number of fused-ring (bicyclic) bond motifs is 1. The van der Waals surface area contributed by atoms with Crippen LogP contribution in [0.25, 0.3) is 0 Å². The summed E-state index contributed by atoms with van der Waals surface area (Å²) in [6.45, 7) is 1.77. The molecule has 2 N–H and O–H groups in total. The minimum Gasteiger partial charge on any atom is -0.389 e. The van der Waals surface area contributed by atoms with E-state index in [0.717, 1.165) is 18.0 Å². The summed E-state index contributed by atoms with van der Waals surface area (Å²) in [5.74, 6) is 0.589. The Bertz CT molecular complexity index is 517. The quantitative estimate of drug-likeness (QED) is 0.867. The lowest BCUT2D eigenvalue weighted by Crippen LogP contribution is -2.42. The van der Waals surface area contributed by atoms with Crippen LogP contribution in [0.2, 0.25) is 0 Å². The molecule has 2 fully saturated rings. The number of nitrogens with two attached hydrogens (primary N) is 1. The Morgan fingerprint density at radius 2 is 2.10 bits per heavy atom. The van der Waals surface area contributed by atoms with Gasteiger partial charge in [-0.3, -0.25) is 4.90 Å². The van der Waals surface area contributed by atoms with E-state index in [1.54, 1.807) is 6.07 Å². The zero-order chi connectivity index (χ0) is 14.1. The number of likely N-dealkylation sites (tertiary alicyclic amines) is 1. The van der Waals surface area contributed by atoms with Gasteiger partial charge in [-0.1, -0.05) is 30.8 Å². The van der Waals surface area contributed by atoms with Gasteiger partial charge in [0, 0.05) is 23.7 Å². The maximum atomic E-state index is 14.4. The molecule has 1 heterocycles. The number of piperidine rings is 1. The molecule has 20 heavy (non-hydrogen) atoms. The van der Waals surface area contributed by atoms with Crippen molar-refractivity contribution in [2.45, 2.75) is 44.7 Å². The molecule has 1 aliphatic carbocycles. The molecule has 0 radical (unpaired) electrons. The number of rotatable bonds is 3. The van der Waals surface area contributed by atoms with Crippen molar-refractivity contribution in [3.8, 4) is 0 Å². The van der Waals surface area contributed by atoms with Crippen molar-refractivity contribution in [3.05, 3.63) is 35.1 Å². The molecule has 0 amide bonds. The fourth-order valence-electron chi connectivity index (χ4n) is 3.86. The van der Waals surface area contributed by atoms with Crippen molar-refractivity contribution < 1.29 is 4.39 Å². The minimum absolute atomic E-state index is 0.140. The normalized spacial score (nSPS) is 26.4. The van der Waals surface area contributed by atoms with E-state index < -0.39 is 0 Å². The molecule has 108 valence electrons. The highest BCUT2D eigenvalue weighted by Crippen LogP contribution is 2.37. The molecule has 1 aromatic carbocycles. The molecule has 1 aromatic rings. The van der Waals surface area contributed by atoms with Gasteiger partial charge in [-0.25, -0.2) is 4.39 Å². The number of thiocarbonyl (C=S) groups is 1. The van der Waals surface area contributed by atoms with Gasteiger partial charge in [-0.05, 0) is 44.2 Å². The van der Waals surface area contributed by atoms with Crippen LogP contribution in [0, 0.1) is 11.7 Å². The third-order valence-electron chi connectivity index (χ3n) is 4.83. The summed E-state index contributed by atoms with van der Waals surface area (Å²) >= 11 is 4.91. The largest absolute Gasteiger partial charge is 0.389 e. The first-order valence-electron chi connectivity index (χ1n) is 7.48. The van der Waals surface area contributed by atoms with Crippen LogP contribution in [0.3, 0.4) is 0 Å². The fourth-order valence-corrected chi connectivity index (χ4v) is 4.02. The SMILES string of the molecule is NC(=S)c1cccc(CN2CCCC3CCCC32)c1F.